The molecule has 17 nitrogen and oxygen atoms in total. The van der Waals surface area contributed by atoms with Gasteiger partial charge in [-0.1, -0.05) is 124 Å². The Bertz CT molecular complexity index is 2860. The zero-order chi connectivity index (χ0) is 54.0. The Morgan fingerprint density at radius 1 is 0.789 bits per heavy atom. The summed E-state index contributed by atoms with van der Waals surface area (Å²) in [6, 6.07) is 30.3. The van der Waals surface area contributed by atoms with Crippen LogP contribution in [0.1, 0.15) is 53.7 Å². The van der Waals surface area contributed by atoms with Gasteiger partial charge in [0.1, 0.15) is 43.4 Å². The smallest absolute Gasteiger partial charge is 0.410 e. The van der Waals surface area contributed by atoms with Crippen LogP contribution in [-0.2, 0) is 47.9 Å². The van der Waals surface area contributed by atoms with Crippen LogP contribution < -0.4 is 34.9 Å². The van der Waals surface area contributed by atoms with Gasteiger partial charge in [0.25, 0.3) is 5.91 Å². The van der Waals surface area contributed by atoms with Crippen molar-refractivity contribution >= 4 is 46.5 Å². The molecule has 5 amide bonds. The van der Waals surface area contributed by atoms with Crippen LogP contribution in [0.15, 0.2) is 135 Å². The van der Waals surface area contributed by atoms with Gasteiger partial charge in [-0.25, -0.2) is 4.79 Å². The molecule has 5 aromatic rings. The van der Waals surface area contributed by atoms with Crippen molar-refractivity contribution in [1.82, 2.24) is 25.8 Å². The van der Waals surface area contributed by atoms with Gasteiger partial charge in [-0.3, -0.25) is 28.9 Å². The van der Waals surface area contributed by atoms with Gasteiger partial charge in [0.15, 0.2) is 11.5 Å². The number of benzene rings is 5. The van der Waals surface area contributed by atoms with Crippen LogP contribution in [0.2, 0.25) is 0 Å². The Morgan fingerprint density at radius 2 is 1.53 bits per heavy atom. The average Bonchev–Trinajstić information content (AvgIpc) is 3.91. The Hall–Kier alpha value is -8.34. The zero-order valence-corrected chi connectivity index (χ0v) is 43.3. The second-order valence-electron chi connectivity index (χ2n) is 19.2. The summed E-state index contributed by atoms with van der Waals surface area (Å²) in [6.45, 7) is 11.3. The van der Waals surface area contributed by atoms with E-state index in [4.69, 9.17) is 28.4 Å². The highest BCUT2D eigenvalue weighted by molar-refractivity contribution is 6.10. The van der Waals surface area contributed by atoms with Gasteiger partial charge >= 0.3 is 12.1 Å². The molecule has 0 saturated carbocycles. The number of hydrogen-bond acceptors (Lipinski definition) is 12. The number of carbonyl (C=O) groups is 6. The molecule has 7 rings (SSSR count). The lowest BCUT2D eigenvalue weighted by molar-refractivity contribution is -0.144. The van der Waals surface area contributed by atoms with E-state index in [1.54, 1.807) is 30.3 Å². The van der Waals surface area contributed by atoms with Crippen LogP contribution in [0.5, 0.6) is 23.0 Å². The molecule has 0 saturated heterocycles. The monoisotopic (exact) mass is 1040 g/mol. The predicted molar refractivity (Wildman–Crippen MR) is 286 cm³/mol. The van der Waals surface area contributed by atoms with Gasteiger partial charge in [0.05, 0.1) is 31.2 Å². The third-order valence-corrected chi connectivity index (χ3v) is 12.9. The predicted octanol–water partition coefficient (Wildman–Crippen LogP) is 7.00. The van der Waals surface area contributed by atoms with E-state index >= 15 is 0 Å². The second kappa shape index (κ2) is 27.3. The Balaban J connectivity index is 1.12. The van der Waals surface area contributed by atoms with Crippen LogP contribution in [0.4, 0.5) is 4.79 Å². The van der Waals surface area contributed by atoms with Crippen molar-refractivity contribution in [2.45, 2.75) is 64.1 Å². The van der Waals surface area contributed by atoms with Crippen LogP contribution in [0.25, 0.3) is 10.8 Å². The van der Waals surface area contributed by atoms with E-state index in [0.717, 1.165) is 22.4 Å². The van der Waals surface area contributed by atoms with Crippen LogP contribution in [-0.4, -0.2) is 124 Å². The highest BCUT2D eigenvalue weighted by Crippen LogP contribution is 2.33. The molecule has 400 valence electrons. The molecular formula is C59H67N5O12. The van der Waals surface area contributed by atoms with Gasteiger partial charge in [0.2, 0.25) is 24.5 Å². The van der Waals surface area contributed by atoms with E-state index in [-0.39, 0.29) is 69.4 Å². The standard InChI is InChI=1S/C59H67N5O12/c1-6-27-71-54(66)33-47(56(67)60-26-25-41-21-23-50-52(32-41)76-38-75-50)62-57(68)55-46-19-13-11-17-43(46)22-24-51(55)74-37-45(31-40-15-9-8-10-16-40)61-53(65)35-64(34-42-30-44-18-12-14-20-49(44)73-36-42)58(69)48(29-39(3)4)63(5)59(70)72-28-7-2/h6-24,32,39,42,45,47-48H,1-2,25-31,33-38H2,3-5H3,(H,60,67)(H,61,65)(H,62,68)/t42-,45+,47-,48-/m0/s1. The van der Waals surface area contributed by atoms with E-state index in [0.29, 0.717) is 54.6 Å². The molecule has 2 aliphatic heterocycles. The summed E-state index contributed by atoms with van der Waals surface area (Å²) < 4.78 is 34.1. The Kier molecular flexibility index (Phi) is 19.9. The topological polar surface area (TPSA) is 200 Å². The number of para-hydroxylation sites is 1. The van der Waals surface area contributed by atoms with Gasteiger partial charge < -0.3 is 49.3 Å². The van der Waals surface area contributed by atoms with Crippen LogP contribution in [0, 0.1) is 11.8 Å². The lowest BCUT2D eigenvalue weighted by Crippen LogP contribution is -2.54. The van der Waals surface area contributed by atoms with Crippen molar-refractivity contribution < 1.29 is 57.2 Å². The molecule has 2 aliphatic rings. The molecule has 2 heterocycles. The lowest BCUT2D eigenvalue weighted by atomic mass is 9.95. The van der Waals surface area contributed by atoms with Crippen molar-refractivity contribution in [3.8, 4) is 23.0 Å². The van der Waals surface area contributed by atoms with Crippen LogP contribution >= 0.6 is 0 Å². The first-order valence-corrected chi connectivity index (χ1v) is 25.5. The normalized spacial score (nSPS) is 14.4. The highest BCUT2D eigenvalue weighted by Gasteiger charge is 2.36. The average molecular weight is 1040 g/mol. The van der Waals surface area contributed by atoms with Crippen molar-refractivity contribution in [3.05, 3.63) is 157 Å². The van der Waals surface area contributed by atoms with Gasteiger partial charge in [-0.2, -0.15) is 0 Å². The first-order chi connectivity index (χ1) is 36.8. The number of hydrogen-bond donors (Lipinski definition) is 3. The maximum Gasteiger partial charge on any atom is 0.410 e. The minimum atomic E-state index is -1.35. The fourth-order valence-electron chi connectivity index (χ4n) is 9.15. The first kappa shape index (κ1) is 55.4. The molecule has 0 spiro atoms. The number of rotatable bonds is 26. The van der Waals surface area contributed by atoms with Crippen molar-refractivity contribution in [3.63, 3.8) is 0 Å². The number of nitrogens with one attached hydrogen (secondary N) is 3. The summed E-state index contributed by atoms with van der Waals surface area (Å²) in [7, 11) is 1.51. The molecule has 0 aliphatic carbocycles. The molecule has 4 atom stereocenters. The van der Waals surface area contributed by atoms with Gasteiger partial charge in [-0.05, 0) is 83.3 Å². The van der Waals surface area contributed by atoms with Crippen molar-refractivity contribution in [1.29, 1.82) is 0 Å². The van der Waals surface area contributed by atoms with E-state index in [2.05, 4.69) is 29.1 Å². The summed E-state index contributed by atoms with van der Waals surface area (Å²) in [4.78, 5) is 86.9. The maximum absolute atomic E-state index is 14.8. The SMILES string of the molecule is C=CCOC(=O)C[C@H](NC(=O)c1c(OC[C@@H](Cc2ccccc2)NC(=O)CN(C[C@H]2COc3ccccc3C2)C(=O)[C@H](CC(C)C)N(C)C(=O)OCC=C)ccc2ccccc12)C(=O)NCCc1ccc2c(c1)OCO2. The number of ether oxygens (including phenoxy) is 6. The summed E-state index contributed by atoms with van der Waals surface area (Å²) in [5.74, 6) is -0.952. The van der Waals surface area contributed by atoms with Gasteiger partial charge in [-0.15, -0.1) is 0 Å². The van der Waals surface area contributed by atoms with E-state index in [1.807, 2.05) is 92.7 Å². The summed E-state index contributed by atoms with van der Waals surface area (Å²) >= 11 is 0. The quantitative estimate of drug-likeness (QED) is 0.0379. The number of likely N-dealkylation sites (N-methyl/N-ethyl adjacent to an activating group) is 1. The molecule has 5 aromatic carbocycles. The second-order valence-corrected chi connectivity index (χ2v) is 19.2. The molecule has 17 heteroatoms. The van der Waals surface area contributed by atoms with Gasteiger partial charge in [0, 0.05) is 26.1 Å². The Labute approximate surface area is 443 Å². The molecule has 3 N–H and O–H groups in total. The minimum Gasteiger partial charge on any atom is -0.493 e. The number of nitrogens with zero attached hydrogens (tertiary/aromatic N) is 2. The zero-order valence-electron chi connectivity index (χ0n) is 43.3. The molecule has 0 radical (unpaired) electrons. The van der Waals surface area contributed by atoms with Crippen LogP contribution in [0.3, 0.4) is 0 Å². The number of esters is 1. The van der Waals surface area contributed by atoms with Crippen molar-refractivity contribution in [2.75, 3.05) is 59.9 Å². The van der Waals surface area contributed by atoms with E-state index < -0.39 is 60.2 Å². The molecule has 0 bridgehead atoms. The summed E-state index contributed by atoms with van der Waals surface area (Å²) in [5, 5.41) is 9.96. The highest BCUT2D eigenvalue weighted by atomic mass is 16.7. The third-order valence-electron chi connectivity index (χ3n) is 12.9. The van der Waals surface area contributed by atoms with E-state index in [9.17, 15) is 28.8 Å². The third kappa shape index (κ3) is 15.4. The maximum atomic E-state index is 14.8. The molecule has 0 unspecified atom stereocenters. The molecule has 76 heavy (non-hydrogen) atoms. The van der Waals surface area contributed by atoms with Crippen molar-refractivity contribution in [2.24, 2.45) is 11.8 Å². The fourth-order valence-corrected chi connectivity index (χ4v) is 9.15. The number of carbonyl (C=O) groups excluding carboxylic acids is 6. The Morgan fingerprint density at radius 3 is 2.32 bits per heavy atom. The fraction of sp³-hybridized carbons (Fsp3) is 0.356. The summed E-state index contributed by atoms with van der Waals surface area (Å²) in [5.41, 5.74) is 2.84. The number of fused-ring (bicyclic) bond motifs is 3. The molecule has 0 aromatic heterocycles. The summed E-state index contributed by atoms with van der Waals surface area (Å²) in [6.07, 6.45) is 3.32. The molecular weight excluding hydrogens is 971 g/mol. The lowest BCUT2D eigenvalue weighted by Gasteiger charge is -2.35. The largest absolute Gasteiger partial charge is 0.493 e. The first-order valence-electron chi connectivity index (χ1n) is 25.5. The number of amides is 5. The van der Waals surface area contributed by atoms with E-state index in [1.165, 1.54) is 29.0 Å². The minimum absolute atomic E-state index is 0.00122. The molecule has 0 fully saturated rings.